The van der Waals surface area contributed by atoms with Crippen LogP contribution in [0.2, 0.25) is 0 Å². The van der Waals surface area contributed by atoms with Gasteiger partial charge in [-0.3, -0.25) is 0 Å². The van der Waals surface area contributed by atoms with Crippen LogP contribution in [0, 0.1) is 5.41 Å². The zero-order valence-electron chi connectivity index (χ0n) is 8.05. The first kappa shape index (κ1) is 11.0. The summed E-state index contributed by atoms with van der Waals surface area (Å²) in [7, 11) is 0. The van der Waals surface area contributed by atoms with E-state index in [1.54, 1.807) is 0 Å². The van der Waals surface area contributed by atoms with E-state index in [9.17, 15) is 4.79 Å². The van der Waals surface area contributed by atoms with E-state index in [1.807, 2.05) is 20.8 Å². The number of carbonyl (C=O) groups is 1. The van der Waals surface area contributed by atoms with Crippen LogP contribution in [0.4, 0.5) is 0 Å². The van der Waals surface area contributed by atoms with Crippen molar-refractivity contribution in [3.05, 3.63) is 11.8 Å². The molecule has 3 heteroatoms. The van der Waals surface area contributed by atoms with Crippen molar-refractivity contribution in [1.82, 2.24) is 0 Å². The van der Waals surface area contributed by atoms with E-state index in [1.165, 1.54) is 6.92 Å². The van der Waals surface area contributed by atoms with Gasteiger partial charge in [-0.25, -0.2) is 4.79 Å². The number of aliphatic hydroxyl groups excluding tert-OH is 1. The summed E-state index contributed by atoms with van der Waals surface area (Å²) in [6.45, 7) is 7.77. The molecule has 1 N–H and O–H groups in total. The van der Waals surface area contributed by atoms with Gasteiger partial charge in [-0.1, -0.05) is 20.8 Å². The Labute approximate surface area is 73.0 Å². The van der Waals surface area contributed by atoms with Crippen LogP contribution in [0.15, 0.2) is 11.8 Å². The molecule has 0 spiro atoms. The molecule has 0 aliphatic rings. The Morgan fingerprint density at radius 2 is 2.00 bits per heavy atom. The van der Waals surface area contributed by atoms with Crippen LogP contribution in [0.1, 0.15) is 27.7 Å². The molecule has 0 unspecified atom stereocenters. The normalized spacial score (nSPS) is 12.8. The van der Waals surface area contributed by atoms with Crippen molar-refractivity contribution in [3.8, 4) is 0 Å². The standard InChI is InChI=1S/C9H16O3/c1-7(5-10)8(11)12-6-9(2,3)4/h5,10H,6H2,1-4H3. The maximum absolute atomic E-state index is 11.0. The maximum Gasteiger partial charge on any atom is 0.336 e. The molecule has 0 radical (unpaired) electrons. The molecule has 0 aromatic heterocycles. The van der Waals surface area contributed by atoms with Gasteiger partial charge in [-0.15, -0.1) is 0 Å². The SMILES string of the molecule is CC(=CO)C(=O)OCC(C)(C)C. The van der Waals surface area contributed by atoms with Crippen molar-refractivity contribution in [1.29, 1.82) is 0 Å². The van der Waals surface area contributed by atoms with Crippen LogP contribution in [0.3, 0.4) is 0 Å². The second-order valence-corrected chi connectivity index (χ2v) is 3.95. The molecule has 0 aliphatic carbocycles. The van der Waals surface area contributed by atoms with Crippen molar-refractivity contribution < 1.29 is 14.6 Å². The molecular weight excluding hydrogens is 156 g/mol. The number of aliphatic hydroxyl groups is 1. The van der Waals surface area contributed by atoms with Gasteiger partial charge in [0.05, 0.1) is 18.4 Å². The highest BCUT2D eigenvalue weighted by Gasteiger charge is 2.14. The third-order valence-corrected chi connectivity index (χ3v) is 1.15. The fourth-order valence-corrected chi connectivity index (χ4v) is 0.449. The van der Waals surface area contributed by atoms with Gasteiger partial charge in [-0.2, -0.15) is 0 Å². The van der Waals surface area contributed by atoms with Gasteiger partial charge >= 0.3 is 5.97 Å². The highest BCUT2D eigenvalue weighted by molar-refractivity contribution is 5.87. The second kappa shape index (κ2) is 4.14. The van der Waals surface area contributed by atoms with Crippen molar-refractivity contribution in [2.24, 2.45) is 5.41 Å². The van der Waals surface area contributed by atoms with Crippen molar-refractivity contribution >= 4 is 5.97 Å². The zero-order valence-corrected chi connectivity index (χ0v) is 8.05. The summed E-state index contributed by atoms with van der Waals surface area (Å²) < 4.78 is 4.89. The summed E-state index contributed by atoms with van der Waals surface area (Å²) in [6, 6.07) is 0. The van der Waals surface area contributed by atoms with E-state index < -0.39 is 5.97 Å². The van der Waals surface area contributed by atoms with Gasteiger partial charge in [0.1, 0.15) is 0 Å². The first-order chi connectivity index (χ1) is 5.37. The lowest BCUT2D eigenvalue weighted by Gasteiger charge is -2.17. The van der Waals surface area contributed by atoms with Gasteiger partial charge in [-0.05, 0) is 12.3 Å². The Balaban J connectivity index is 3.89. The molecule has 0 atom stereocenters. The molecule has 3 nitrogen and oxygen atoms in total. The maximum atomic E-state index is 11.0. The van der Waals surface area contributed by atoms with Crippen molar-refractivity contribution in [2.45, 2.75) is 27.7 Å². The van der Waals surface area contributed by atoms with Crippen LogP contribution in [-0.4, -0.2) is 17.7 Å². The van der Waals surface area contributed by atoms with Crippen LogP contribution >= 0.6 is 0 Å². The summed E-state index contributed by atoms with van der Waals surface area (Å²) >= 11 is 0. The zero-order chi connectivity index (χ0) is 9.78. The van der Waals surface area contributed by atoms with Crippen molar-refractivity contribution in [2.75, 3.05) is 6.61 Å². The second-order valence-electron chi connectivity index (χ2n) is 3.95. The number of ether oxygens (including phenoxy) is 1. The predicted octanol–water partition coefficient (Wildman–Crippen LogP) is 2.04. The molecule has 0 bridgehead atoms. The van der Waals surface area contributed by atoms with Gasteiger partial charge in [0.2, 0.25) is 0 Å². The third kappa shape index (κ3) is 4.77. The van der Waals surface area contributed by atoms with Gasteiger partial charge in [0.15, 0.2) is 0 Å². The Hall–Kier alpha value is -0.990. The van der Waals surface area contributed by atoms with Crippen LogP contribution in [-0.2, 0) is 9.53 Å². The Kier molecular flexibility index (Phi) is 3.80. The van der Waals surface area contributed by atoms with Crippen LogP contribution in [0.5, 0.6) is 0 Å². The molecule has 0 aliphatic heterocycles. The molecule has 0 saturated carbocycles. The highest BCUT2D eigenvalue weighted by atomic mass is 16.5. The van der Waals surface area contributed by atoms with E-state index in [0.29, 0.717) is 6.61 Å². The molecule has 0 aromatic rings. The average molecular weight is 172 g/mol. The summed E-state index contributed by atoms with van der Waals surface area (Å²) in [5, 5.41) is 8.47. The molecule has 12 heavy (non-hydrogen) atoms. The Morgan fingerprint density at radius 1 is 1.50 bits per heavy atom. The third-order valence-electron chi connectivity index (χ3n) is 1.15. The molecule has 0 aromatic carbocycles. The molecule has 0 amide bonds. The summed E-state index contributed by atoms with van der Waals surface area (Å²) in [4.78, 5) is 11.0. The minimum Gasteiger partial charge on any atom is -0.515 e. The van der Waals surface area contributed by atoms with Crippen LogP contribution in [0.25, 0.3) is 0 Å². The Bertz CT molecular complexity index is 186. The number of rotatable bonds is 2. The largest absolute Gasteiger partial charge is 0.515 e. The lowest BCUT2D eigenvalue weighted by atomic mass is 9.99. The Morgan fingerprint density at radius 3 is 2.33 bits per heavy atom. The minimum atomic E-state index is -0.465. The fourth-order valence-electron chi connectivity index (χ4n) is 0.449. The van der Waals surface area contributed by atoms with Gasteiger partial charge < -0.3 is 9.84 Å². The summed E-state index contributed by atoms with van der Waals surface area (Å²) in [6.07, 6.45) is 0.755. The lowest BCUT2D eigenvalue weighted by molar-refractivity contribution is -0.141. The van der Waals surface area contributed by atoms with E-state index in [-0.39, 0.29) is 11.0 Å². The van der Waals surface area contributed by atoms with Gasteiger partial charge in [0.25, 0.3) is 0 Å². The first-order valence-electron chi connectivity index (χ1n) is 3.85. The summed E-state index contributed by atoms with van der Waals surface area (Å²) in [5.74, 6) is -0.465. The number of hydrogen-bond donors (Lipinski definition) is 1. The molecule has 0 rings (SSSR count). The monoisotopic (exact) mass is 172 g/mol. The number of hydrogen-bond acceptors (Lipinski definition) is 3. The quantitative estimate of drug-likeness (QED) is 0.394. The summed E-state index contributed by atoms with van der Waals surface area (Å²) in [5.41, 5.74) is 0.185. The molecule has 0 heterocycles. The molecule has 0 saturated heterocycles. The predicted molar refractivity (Wildman–Crippen MR) is 46.8 cm³/mol. The van der Waals surface area contributed by atoms with Crippen molar-refractivity contribution in [3.63, 3.8) is 0 Å². The number of esters is 1. The van der Waals surface area contributed by atoms with E-state index in [2.05, 4.69) is 0 Å². The van der Waals surface area contributed by atoms with E-state index in [4.69, 9.17) is 9.84 Å². The first-order valence-corrected chi connectivity index (χ1v) is 3.85. The van der Waals surface area contributed by atoms with E-state index in [0.717, 1.165) is 6.26 Å². The molecule has 0 fully saturated rings. The fraction of sp³-hybridized carbons (Fsp3) is 0.667. The van der Waals surface area contributed by atoms with Gasteiger partial charge in [0, 0.05) is 0 Å². The van der Waals surface area contributed by atoms with E-state index >= 15 is 0 Å². The van der Waals surface area contributed by atoms with Crippen LogP contribution < -0.4 is 0 Å². The molecular formula is C9H16O3. The smallest absolute Gasteiger partial charge is 0.336 e. The minimum absolute atomic E-state index is 0.0363. The topological polar surface area (TPSA) is 46.5 Å². The number of carbonyl (C=O) groups excluding carboxylic acids is 1. The average Bonchev–Trinajstić information content (AvgIpc) is 1.97. The molecule has 70 valence electrons. The lowest BCUT2D eigenvalue weighted by Crippen LogP contribution is -2.18. The highest BCUT2D eigenvalue weighted by Crippen LogP contribution is 2.13.